The van der Waals surface area contributed by atoms with E-state index in [1.807, 2.05) is 30.3 Å². The van der Waals surface area contributed by atoms with E-state index in [1.54, 1.807) is 31.4 Å². The number of ether oxygens (including phenoxy) is 1. The summed E-state index contributed by atoms with van der Waals surface area (Å²) in [6, 6.07) is 16.4. The lowest BCUT2D eigenvalue weighted by atomic mass is 10.1. The number of benzene rings is 2. The van der Waals surface area contributed by atoms with Gasteiger partial charge in [0.1, 0.15) is 11.3 Å². The number of para-hydroxylation sites is 1. The van der Waals surface area contributed by atoms with Crippen LogP contribution in [0.4, 0.5) is 0 Å². The molecule has 0 bridgehead atoms. The fraction of sp³-hybridized carbons (Fsp3) is 0.111. The van der Waals surface area contributed by atoms with Crippen molar-refractivity contribution in [1.29, 1.82) is 0 Å². The SMILES string of the molecule is COc1ccc2cc(CC=NOc3ccccc3)c(=O)oc2c1. The van der Waals surface area contributed by atoms with Gasteiger partial charge in [0.15, 0.2) is 5.75 Å². The van der Waals surface area contributed by atoms with Crippen LogP contribution in [0.1, 0.15) is 5.56 Å². The third kappa shape index (κ3) is 3.58. The number of rotatable bonds is 5. The Hall–Kier alpha value is -3.08. The normalized spacial score (nSPS) is 11.0. The highest BCUT2D eigenvalue weighted by Crippen LogP contribution is 2.20. The molecule has 0 amide bonds. The zero-order valence-corrected chi connectivity index (χ0v) is 12.6. The van der Waals surface area contributed by atoms with E-state index in [0.29, 0.717) is 29.1 Å². The maximum Gasteiger partial charge on any atom is 0.339 e. The molecule has 3 rings (SSSR count). The second-order valence-corrected chi connectivity index (χ2v) is 4.86. The average Bonchev–Trinajstić information content (AvgIpc) is 2.59. The standard InChI is InChI=1S/C18H15NO4/c1-21-16-8-7-13-11-14(18(20)22-17(13)12-16)9-10-19-23-15-5-3-2-4-6-15/h2-8,10-12H,9H2,1H3. The molecule has 0 atom stereocenters. The van der Waals surface area contributed by atoms with E-state index in [9.17, 15) is 4.79 Å². The molecule has 0 aliphatic carbocycles. The number of oxime groups is 1. The van der Waals surface area contributed by atoms with E-state index >= 15 is 0 Å². The lowest BCUT2D eigenvalue weighted by molar-refractivity contribution is 0.343. The second-order valence-electron chi connectivity index (χ2n) is 4.86. The molecular formula is C18H15NO4. The number of methoxy groups -OCH3 is 1. The van der Waals surface area contributed by atoms with Crippen molar-refractivity contribution in [3.05, 3.63) is 70.6 Å². The Morgan fingerprint density at radius 1 is 1.09 bits per heavy atom. The van der Waals surface area contributed by atoms with E-state index in [0.717, 1.165) is 5.39 Å². The molecule has 0 aliphatic heterocycles. The zero-order valence-electron chi connectivity index (χ0n) is 12.6. The summed E-state index contributed by atoms with van der Waals surface area (Å²) < 4.78 is 10.4. The molecule has 1 aromatic heterocycles. The quantitative estimate of drug-likeness (QED) is 0.412. The Balaban J connectivity index is 1.75. The van der Waals surface area contributed by atoms with Crippen LogP contribution in [-0.2, 0) is 6.42 Å². The molecule has 0 radical (unpaired) electrons. The van der Waals surface area contributed by atoms with Crippen LogP contribution in [0, 0.1) is 0 Å². The Morgan fingerprint density at radius 3 is 2.70 bits per heavy atom. The molecule has 116 valence electrons. The molecule has 1 heterocycles. The molecule has 5 heteroatoms. The predicted octanol–water partition coefficient (Wildman–Crippen LogP) is 3.41. The molecule has 2 aromatic carbocycles. The van der Waals surface area contributed by atoms with Gasteiger partial charge in [0.25, 0.3) is 0 Å². The van der Waals surface area contributed by atoms with Gasteiger partial charge in [-0.3, -0.25) is 0 Å². The average molecular weight is 309 g/mol. The smallest absolute Gasteiger partial charge is 0.339 e. The molecule has 0 saturated carbocycles. The summed E-state index contributed by atoms with van der Waals surface area (Å²) in [7, 11) is 1.57. The minimum atomic E-state index is -0.392. The maximum absolute atomic E-state index is 12.0. The molecule has 0 aliphatic rings. The minimum absolute atomic E-state index is 0.330. The summed E-state index contributed by atoms with van der Waals surface area (Å²) in [5.74, 6) is 1.28. The highest BCUT2D eigenvalue weighted by Gasteiger charge is 2.05. The van der Waals surface area contributed by atoms with E-state index in [2.05, 4.69) is 5.16 Å². The van der Waals surface area contributed by atoms with Crippen molar-refractivity contribution >= 4 is 17.2 Å². The van der Waals surface area contributed by atoms with Crippen LogP contribution >= 0.6 is 0 Å². The Morgan fingerprint density at radius 2 is 1.91 bits per heavy atom. The van der Waals surface area contributed by atoms with Crippen LogP contribution in [0.3, 0.4) is 0 Å². The zero-order chi connectivity index (χ0) is 16.1. The number of hydrogen-bond donors (Lipinski definition) is 0. The van der Waals surface area contributed by atoms with Crippen molar-refractivity contribution in [2.45, 2.75) is 6.42 Å². The summed E-state index contributed by atoms with van der Waals surface area (Å²) in [6.07, 6.45) is 1.87. The van der Waals surface area contributed by atoms with Crippen LogP contribution in [-0.4, -0.2) is 13.3 Å². The third-order valence-electron chi connectivity index (χ3n) is 3.30. The maximum atomic E-state index is 12.0. The van der Waals surface area contributed by atoms with Crippen molar-refractivity contribution in [1.82, 2.24) is 0 Å². The first-order chi connectivity index (χ1) is 11.3. The minimum Gasteiger partial charge on any atom is -0.497 e. The van der Waals surface area contributed by atoms with Gasteiger partial charge in [-0.2, -0.15) is 0 Å². The molecule has 5 nitrogen and oxygen atoms in total. The number of nitrogens with zero attached hydrogens (tertiary/aromatic N) is 1. The van der Waals surface area contributed by atoms with Gasteiger partial charge in [-0.25, -0.2) is 4.79 Å². The third-order valence-corrected chi connectivity index (χ3v) is 3.30. The highest BCUT2D eigenvalue weighted by atomic mass is 16.6. The van der Waals surface area contributed by atoms with Crippen molar-refractivity contribution in [3.8, 4) is 11.5 Å². The molecule has 0 unspecified atom stereocenters. The predicted molar refractivity (Wildman–Crippen MR) is 88.3 cm³/mol. The Bertz CT molecular complexity index is 884. The van der Waals surface area contributed by atoms with Crippen molar-refractivity contribution in [3.63, 3.8) is 0 Å². The van der Waals surface area contributed by atoms with E-state index in [-0.39, 0.29) is 0 Å². The van der Waals surface area contributed by atoms with Gasteiger partial charge >= 0.3 is 5.63 Å². The summed E-state index contributed by atoms with van der Waals surface area (Å²) in [6.45, 7) is 0. The molecule has 0 spiro atoms. The fourth-order valence-corrected chi connectivity index (χ4v) is 2.12. The van der Waals surface area contributed by atoms with Crippen LogP contribution in [0.25, 0.3) is 11.0 Å². The van der Waals surface area contributed by atoms with Gasteiger partial charge in [-0.05, 0) is 30.3 Å². The van der Waals surface area contributed by atoms with Gasteiger partial charge < -0.3 is 14.0 Å². The topological polar surface area (TPSA) is 61.0 Å². The molecule has 0 fully saturated rings. The van der Waals surface area contributed by atoms with Gasteiger partial charge in [0, 0.05) is 29.7 Å². The lowest BCUT2D eigenvalue weighted by Crippen LogP contribution is -2.07. The first-order valence-electron chi connectivity index (χ1n) is 7.11. The number of hydrogen-bond acceptors (Lipinski definition) is 5. The summed E-state index contributed by atoms with van der Waals surface area (Å²) in [4.78, 5) is 17.2. The second kappa shape index (κ2) is 6.79. The number of fused-ring (bicyclic) bond motifs is 1. The van der Waals surface area contributed by atoms with Crippen LogP contribution in [0.5, 0.6) is 11.5 Å². The molecular weight excluding hydrogens is 294 g/mol. The monoisotopic (exact) mass is 309 g/mol. The largest absolute Gasteiger partial charge is 0.497 e. The molecule has 0 saturated heterocycles. The van der Waals surface area contributed by atoms with Crippen LogP contribution in [0.2, 0.25) is 0 Å². The fourth-order valence-electron chi connectivity index (χ4n) is 2.12. The van der Waals surface area contributed by atoms with Crippen molar-refractivity contribution in [2.75, 3.05) is 7.11 Å². The Kier molecular flexibility index (Phi) is 4.38. The van der Waals surface area contributed by atoms with Gasteiger partial charge in [-0.15, -0.1) is 0 Å². The highest BCUT2D eigenvalue weighted by molar-refractivity contribution is 5.79. The van der Waals surface area contributed by atoms with Crippen molar-refractivity contribution in [2.24, 2.45) is 5.16 Å². The van der Waals surface area contributed by atoms with E-state index in [1.165, 1.54) is 6.21 Å². The molecule has 3 aromatic rings. The van der Waals surface area contributed by atoms with E-state index < -0.39 is 5.63 Å². The van der Waals surface area contributed by atoms with Gasteiger partial charge in [0.05, 0.1) is 7.11 Å². The first-order valence-corrected chi connectivity index (χ1v) is 7.11. The summed E-state index contributed by atoms with van der Waals surface area (Å²) in [5.41, 5.74) is 0.621. The summed E-state index contributed by atoms with van der Waals surface area (Å²) >= 11 is 0. The first kappa shape index (κ1) is 14.8. The van der Waals surface area contributed by atoms with E-state index in [4.69, 9.17) is 14.0 Å². The Labute approximate surface area is 132 Å². The molecule has 0 N–H and O–H groups in total. The molecule has 23 heavy (non-hydrogen) atoms. The van der Waals surface area contributed by atoms with Gasteiger partial charge in [0.2, 0.25) is 0 Å². The van der Waals surface area contributed by atoms with Crippen LogP contribution in [0.15, 0.2) is 69.0 Å². The lowest BCUT2D eigenvalue weighted by Gasteiger charge is -2.02. The van der Waals surface area contributed by atoms with Crippen LogP contribution < -0.4 is 15.2 Å². The van der Waals surface area contributed by atoms with Crippen molar-refractivity contribution < 1.29 is 14.0 Å². The summed E-state index contributed by atoms with van der Waals surface area (Å²) in [5, 5.41) is 4.69. The van der Waals surface area contributed by atoms with Gasteiger partial charge in [-0.1, -0.05) is 23.4 Å².